The van der Waals surface area contributed by atoms with E-state index in [0.29, 0.717) is 22.6 Å². The van der Waals surface area contributed by atoms with Gasteiger partial charge in [-0.05, 0) is 68.5 Å². The Morgan fingerprint density at radius 1 is 0.487 bits per heavy atom. The van der Waals surface area contributed by atoms with Crippen molar-refractivity contribution >= 4 is 23.1 Å². The number of benzene rings is 4. The lowest BCUT2D eigenvalue weighted by Gasteiger charge is -2.42. The summed E-state index contributed by atoms with van der Waals surface area (Å²) in [6.45, 7) is 0. The van der Waals surface area contributed by atoms with E-state index < -0.39 is 115 Å². The Morgan fingerprint density at radius 3 is 1.25 bits per heavy atom. The Bertz CT molecular complexity index is 2530. The molecule has 4 aromatic rings. The van der Waals surface area contributed by atoms with Gasteiger partial charge in [-0.1, -0.05) is 92.1 Å². The van der Waals surface area contributed by atoms with Crippen LogP contribution < -0.4 is 9.47 Å². The molecule has 18 atom stereocenters. The standard InChI is InChI=1S/C20H31O8P.C20H25O8P.C14H21O7P/c2*21-15-9-5-4-6-13(15)12-29(25,26)11-10-16-17(22)18(23)19(24)20(28-16)27-14-7-2-1-3-8-14;1-19-22(18)8-7-10-11(15)12(16)13(17)14(21-10)20-9-5-3-2-4-6-9/h4-6,9,14,16-24H,1-3,7-8,10-12H2,(H,25,26);1-9,16-24H,10-12H2,(H,25,26);2-6,10-18H,7-8H2,1H3/t2*16?,17-,18?,19?,20+;10?,11-,12?,13?,14+,22?/m111/s1. The number of para-hydroxylation sites is 4. The number of phenols is 2. The highest BCUT2D eigenvalue weighted by atomic mass is 31.2. The van der Waals surface area contributed by atoms with Gasteiger partial charge in [0, 0.05) is 36.7 Å². The van der Waals surface area contributed by atoms with E-state index >= 15 is 0 Å². The number of hydrogen-bond acceptors (Lipinski definition) is 21. The zero-order valence-corrected chi connectivity index (χ0v) is 46.8. The van der Waals surface area contributed by atoms with E-state index in [1.807, 2.05) is 6.07 Å². The fourth-order valence-electron chi connectivity index (χ4n) is 9.40. The van der Waals surface area contributed by atoms with E-state index in [-0.39, 0.29) is 67.7 Å². The summed E-state index contributed by atoms with van der Waals surface area (Å²) in [5.74, 6) is 0.780. The van der Waals surface area contributed by atoms with Crippen LogP contribution in [0.2, 0.25) is 0 Å². The number of hydrogen-bond donors (Lipinski definition) is 14. The van der Waals surface area contributed by atoms with E-state index in [4.69, 9.17) is 32.9 Å². The van der Waals surface area contributed by atoms with Crippen LogP contribution in [0.1, 0.15) is 62.5 Å². The van der Waals surface area contributed by atoms with Gasteiger partial charge >= 0.3 is 0 Å². The fourth-order valence-corrected chi connectivity index (χ4v) is 13.3. The lowest BCUT2D eigenvalue weighted by molar-refractivity contribution is -0.309. The molecule has 8 rings (SSSR count). The maximum atomic E-state index is 12.6. The molecule has 23 nitrogen and oxygen atoms in total. The minimum atomic E-state index is -3.69. The molecule has 3 saturated heterocycles. The zero-order valence-electron chi connectivity index (χ0n) is 44.1. The van der Waals surface area contributed by atoms with Crippen LogP contribution in [0.15, 0.2) is 109 Å². The average Bonchev–Trinajstić information content (AvgIpc) is 3.51. The van der Waals surface area contributed by atoms with Crippen molar-refractivity contribution in [1.82, 2.24) is 0 Å². The van der Waals surface area contributed by atoms with Gasteiger partial charge in [0.1, 0.15) is 77.9 Å². The van der Waals surface area contributed by atoms with Crippen LogP contribution in [0.3, 0.4) is 0 Å². The van der Waals surface area contributed by atoms with Crippen molar-refractivity contribution in [1.29, 1.82) is 0 Å². The highest BCUT2D eigenvalue weighted by Crippen LogP contribution is 2.49. The molecule has 0 spiro atoms. The first-order valence-electron chi connectivity index (χ1n) is 26.4. The largest absolute Gasteiger partial charge is 0.508 e. The van der Waals surface area contributed by atoms with E-state index in [9.17, 15) is 80.0 Å². The summed E-state index contributed by atoms with van der Waals surface area (Å²) in [6.07, 6.45) is -14.3. The van der Waals surface area contributed by atoms with Crippen LogP contribution in [-0.4, -0.2) is 195 Å². The first-order chi connectivity index (χ1) is 38.1. The monoisotopic (exact) mass is 1190 g/mol. The number of rotatable bonds is 20. The number of aliphatic hydroxyl groups excluding tert-OH is 9. The second kappa shape index (κ2) is 31.3. The minimum Gasteiger partial charge on any atom is -0.508 e. The number of aromatic hydroxyl groups is 2. The van der Waals surface area contributed by atoms with Gasteiger partial charge in [-0.2, -0.15) is 0 Å². The van der Waals surface area contributed by atoms with Crippen LogP contribution in [-0.2, 0) is 44.9 Å². The van der Waals surface area contributed by atoms with Crippen LogP contribution in [0, 0.1) is 0 Å². The predicted octanol–water partition coefficient (Wildman–Crippen LogP) is 3.36. The smallest absolute Gasteiger partial charge is 0.229 e. The third-order valence-electron chi connectivity index (χ3n) is 14.0. The Morgan fingerprint density at radius 2 is 0.850 bits per heavy atom. The van der Waals surface area contributed by atoms with Gasteiger partial charge in [0.2, 0.25) is 27.3 Å². The second-order valence-corrected chi connectivity index (χ2v) is 26.6. The molecule has 0 radical (unpaired) electrons. The maximum absolute atomic E-state index is 12.6. The van der Waals surface area contributed by atoms with Crippen LogP contribution in [0.4, 0.5) is 0 Å². The van der Waals surface area contributed by atoms with Crippen molar-refractivity contribution in [3.8, 4) is 23.0 Å². The van der Waals surface area contributed by atoms with Crippen LogP contribution >= 0.6 is 23.1 Å². The van der Waals surface area contributed by atoms with Crippen LogP contribution in [0.5, 0.6) is 23.0 Å². The van der Waals surface area contributed by atoms with Crippen molar-refractivity contribution in [3.05, 3.63) is 120 Å². The molecule has 4 aliphatic rings. The molecular weight excluding hydrogens is 1110 g/mol. The van der Waals surface area contributed by atoms with Crippen molar-refractivity contribution in [2.24, 2.45) is 0 Å². The summed E-state index contributed by atoms with van der Waals surface area (Å²) in [6, 6.07) is 29.9. The Balaban J connectivity index is 0.000000196. The topological polar surface area (TPSA) is 382 Å². The quantitative estimate of drug-likeness (QED) is 0.0564. The molecule has 0 bridgehead atoms. The van der Waals surface area contributed by atoms with Crippen molar-refractivity contribution in [3.63, 3.8) is 0 Å². The zero-order chi connectivity index (χ0) is 58.1. The summed E-state index contributed by atoms with van der Waals surface area (Å²) in [5, 5.41) is 111. The Kier molecular flexibility index (Phi) is 25.6. The molecule has 4 aromatic carbocycles. The lowest BCUT2D eigenvalue weighted by Crippen LogP contribution is -2.59. The normalized spacial score (nSPS) is 31.8. The molecule has 0 aromatic heterocycles. The predicted molar refractivity (Wildman–Crippen MR) is 290 cm³/mol. The van der Waals surface area contributed by atoms with Crippen molar-refractivity contribution < 1.29 is 113 Å². The molecule has 14 N–H and O–H groups in total. The Hall–Kier alpha value is -3.71. The molecule has 0 amide bonds. The van der Waals surface area contributed by atoms with Crippen molar-refractivity contribution in [2.75, 3.05) is 25.6 Å². The highest BCUT2D eigenvalue weighted by Gasteiger charge is 2.48. The van der Waals surface area contributed by atoms with Gasteiger partial charge in [-0.15, -0.1) is 0 Å². The summed E-state index contributed by atoms with van der Waals surface area (Å²) >= 11 is 0. The summed E-state index contributed by atoms with van der Waals surface area (Å²) in [7, 11) is -7.55. The van der Waals surface area contributed by atoms with E-state index in [1.165, 1.54) is 19.2 Å². The molecule has 1 saturated carbocycles. The van der Waals surface area contributed by atoms with Gasteiger partial charge in [0.25, 0.3) is 0 Å². The third kappa shape index (κ3) is 19.4. The molecule has 1 aliphatic carbocycles. The first-order valence-corrected chi connectivity index (χ1v) is 31.9. The molecule has 12 unspecified atom stereocenters. The van der Waals surface area contributed by atoms with Gasteiger partial charge < -0.3 is 104 Å². The molecule has 3 heterocycles. The molecule has 4 fully saturated rings. The molecular formula is C54H77O23P3. The van der Waals surface area contributed by atoms with E-state index in [1.54, 1.807) is 91.0 Å². The highest BCUT2D eigenvalue weighted by molar-refractivity contribution is 7.57. The molecule has 3 aliphatic heterocycles. The first kappa shape index (κ1) is 65.4. The molecule has 80 heavy (non-hydrogen) atoms. The lowest BCUT2D eigenvalue weighted by atomic mass is 9.96. The maximum Gasteiger partial charge on any atom is 0.229 e. The summed E-state index contributed by atoms with van der Waals surface area (Å²) in [4.78, 5) is 30.1. The minimum absolute atomic E-state index is 0.0108. The second-order valence-electron chi connectivity index (χ2n) is 20.1. The van der Waals surface area contributed by atoms with Gasteiger partial charge in [0.15, 0.2) is 14.7 Å². The molecule has 446 valence electrons. The third-order valence-corrected chi connectivity index (χ3v) is 18.7. The Labute approximate surface area is 465 Å². The van der Waals surface area contributed by atoms with Gasteiger partial charge in [-0.25, -0.2) is 0 Å². The number of aliphatic hydroxyl groups is 9. The average molecular weight is 1190 g/mol. The SMILES string of the molecule is COP(O)CCC1O[C@H](Oc2ccccc2)C(O)C(O)[C@@H]1O.O=P(O)(CCC1O[C@H](OC2CCCCC2)C(O)C(O)[C@@H]1O)Cc1ccccc1O.O=P(O)(CCC1O[C@H](Oc2ccccc2)C(O)C(O)[C@@H]1O)Cc1ccccc1O. The van der Waals surface area contributed by atoms with Gasteiger partial charge in [-0.3, -0.25) is 9.13 Å². The number of ether oxygens (including phenoxy) is 6. The summed E-state index contributed by atoms with van der Waals surface area (Å²) in [5.41, 5.74) is 0.724. The van der Waals surface area contributed by atoms with Crippen molar-refractivity contribution in [2.45, 2.75) is 162 Å². The van der Waals surface area contributed by atoms with E-state index in [2.05, 4.69) is 0 Å². The molecule has 26 heteroatoms. The fraction of sp³-hybridized carbons (Fsp3) is 0.556. The van der Waals surface area contributed by atoms with E-state index in [0.717, 1.165) is 32.1 Å². The van der Waals surface area contributed by atoms with Crippen LogP contribution in [0.25, 0.3) is 0 Å². The number of phenolic OH excluding ortho intramolecular Hbond substituents is 2. The van der Waals surface area contributed by atoms with Gasteiger partial charge in [0.05, 0.1) is 36.7 Å². The summed E-state index contributed by atoms with van der Waals surface area (Å²) < 4.78 is 63.7.